The molecule has 0 N–H and O–H groups in total. The number of fused-ring (bicyclic) bond motifs is 1. The molecule has 18 heavy (non-hydrogen) atoms. The molecule has 1 aromatic heterocycles. The van der Waals surface area contributed by atoms with E-state index < -0.39 is 5.92 Å². The van der Waals surface area contributed by atoms with E-state index in [0.717, 1.165) is 5.56 Å². The highest BCUT2D eigenvalue weighted by Gasteiger charge is 2.36. The van der Waals surface area contributed by atoms with Gasteiger partial charge < -0.3 is 4.42 Å². The Hall–Kier alpha value is -2.16. The topological polar surface area (TPSA) is 47.3 Å². The molecule has 0 saturated heterocycles. The van der Waals surface area contributed by atoms with Gasteiger partial charge in [0.15, 0.2) is 11.6 Å². The highest BCUT2D eigenvalue weighted by molar-refractivity contribution is 6.18. The van der Waals surface area contributed by atoms with E-state index in [4.69, 9.17) is 4.42 Å². The van der Waals surface area contributed by atoms with Crippen molar-refractivity contribution >= 4 is 11.6 Å². The van der Waals surface area contributed by atoms with Crippen LogP contribution in [0.2, 0.25) is 0 Å². The van der Waals surface area contributed by atoms with Crippen LogP contribution in [0.25, 0.3) is 0 Å². The molecule has 90 valence electrons. The minimum Gasteiger partial charge on any atom is -0.469 e. The summed E-state index contributed by atoms with van der Waals surface area (Å²) in [7, 11) is 0. The maximum absolute atomic E-state index is 12.3. The lowest BCUT2D eigenvalue weighted by atomic mass is 9.94. The molecular formula is C15H12O3. The monoisotopic (exact) mass is 240 g/mol. The largest absolute Gasteiger partial charge is 0.469 e. The number of hydrogen-bond donors (Lipinski definition) is 0. The van der Waals surface area contributed by atoms with Crippen molar-refractivity contribution in [2.45, 2.75) is 13.3 Å². The Morgan fingerprint density at radius 1 is 1.28 bits per heavy atom. The molecule has 3 nitrogen and oxygen atoms in total. The van der Waals surface area contributed by atoms with E-state index in [1.165, 1.54) is 6.26 Å². The molecule has 1 unspecified atom stereocenters. The number of rotatable bonds is 2. The first kappa shape index (κ1) is 11.0. The Kier molecular flexibility index (Phi) is 2.40. The Morgan fingerprint density at radius 2 is 2.06 bits per heavy atom. The van der Waals surface area contributed by atoms with Crippen LogP contribution >= 0.6 is 0 Å². The zero-order valence-electron chi connectivity index (χ0n) is 9.97. The smallest absolute Gasteiger partial charge is 0.177 e. The predicted molar refractivity (Wildman–Crippen MR) is 65.7 cm³/mol. The van der Waals surface area contributed by atoms with Crippen molar-refractivity contribution in [1.29, 1.82) is 0 Å². The number of carbonyl (C=O) groups is 2. The second kappa shape index (κ2) is 3.95. The number of benzene rings is 1. The van der Waals surface area contributed by atoms with Gasteiger partial charge in [-0.3, -0.25) is 9.59 Å². The molecule has 1 aromatic carbocycles. The highest BCUT2D eigenvalue weighted by Crippen LogP contribution is 2.29. The third-order valence-electron chi connectivity index (χ3n) is 3.46. The van der Waals surface area contributed by atoms with Crippen molar-refractivity contribution in [2.24, 2.45) is 5.92 Å². The van der Waals surface area contributed by atoms with Gasteiger partial charge in [0.1, 0.15) is 5.76 Å². The maximum atomic E-state index is 12.3. The van der Waals surface area contributed by atoms with Crippen LogP contribution in [0.15, 0.2) is 41.0 Å². The number of Topliss-reactive ketones (excluding diaryl/α,β-unsaturated/α-hetero) is 2. The summed E-state index contributed by atoms with van der Waals surface area (Å²) >= 11 is 0. The van der Waals surface area contributed by atoms with Crippen molar-refractivity contribution in [3.05, 3.63) is 59.0 Å². The minimum atomic E-state index is -0.585. The fraction of sp³-hybridized carbons (Fsp3) is 0.200. The number of furan rings is 1. The summed E-state index contributed by atoms with van der Waals surface area (Å²) in [5, 5.41) is 0. The van der Waals surface area contributed by atoms with Crippen LogP contribution in [0.1, 0.15) is 32.0 Å². The summed E-state index contributed by atoms with van der Waals surface area (Å²) in [5.74, 6) is -0.221. The summed E-state index contributed by atoms with van der Waals surface area (Å²) in [6.45, 7) is 1.74. The average molecular weight is 240 g/mol. The van der Waals surface area contributed by atoms with Crippen LogP contribution in [0, 0.1) is 12.8 Å². The van der Waals surface area contributed by atoms with Crippen LogP contribution in [0.5, 0.6) is 0 Å². The molecule has 0 fully saturated rings. The summed E-state index contributed by atoms with van der Waals surface area (Å²) in [5.41, 5.74) is 2.15. The van der Waals surface area contributed by atoms with Crippen molar-refractivity contribution in [3.63, 3.8) is 0 Å². The van der Waals surface area contributed by atoms with Crippen LogP contribution in [0.4, 0.5) is 0 Å². The Morgan fingerprint density at radius 3 is 2.72 bits per heavy atom. The average Bonchev–Trinajstić information content (AvgIpc) is 2.94. The summed E-state index contributed by atoms with van der Waals surface area (Å²) in [4.78, 5) is 24.5. The molecule has 2 aromatic rings. The number of carbonyl (C=O) groups excluding carboxylic acids is 2. The van der Waals surface area contributed by atoms with E-state index in [-0.39, 0.29) is 11.6 Å². The normalized spacial score (nSPS) is 17.8. The van der Waals surface area contributed by atoms with E-state index in [0.29, 0.717) is 23.3 Å². The molecular weight excluding hydrogens is 228 g/mol. The van der Waals surface area contributed by atoms with Crippen molar-refractivity contribution in [1.82, 2.24) is 0 Å². The van der Waals surface area contributed by atoms with Crippen molar-refractivity contribution < 1.29 is 14.0 Å². The minimum absolute atomic E-state index is 0.0730. The number of hydrogen-bond acceptors (Lipinski definition) is 3. The molecule has 0 spiro atoms. The second-order valence-corrected chi connectivity index (χ2v) is 4.53. The summed E-state index contributed by atoms with van der Waals surface area (Å²) < 4.78 is 5.13. The van der Waals surface area contributed by atoms with Gasteiger partial charge in [-0.05, 0) is 25.0 Å². The molecule has 1 heterocycles. The third kappa shape index (κ3) is 1.51. The van der Waals surface area contributed by atoms with E-state index in [9.17, 15) is 9.59 Å². The van der Waals surface area contributed by atoms with Gasteiger partial charge in [0.05, 0.1) is 17.7 Å². The lowest BCUT2D eigenvalue weighted by Gasteiger charge is -2.05. The molecule has 0 bridgehead atoms. The maximum Gasteiger partial charge on any atom is 0.177 e. The molecule has 0 aliphatic heterocycles. The van der Waals surface area contributed by atoms with Crippen molar-refractivity contribution in [3.8, 4) is 0 Å². The number of aryl methyl sites for hydroxylation is 1. The van der Waals surface area contributed by atoms with Gasteiger partial charge in [0, 0.05) is 5.56 Å². The highest BCUT2D eigenvalue weighted by atomic mass is 16.3. The third-order valence-corrected chi connectivity index (χ3v) is 3.46. The first-order chi connectivity index (χ1) is 8.68. The van der Waals surface area contributed by atoms with Crippen LogP contribution in [-0.4, -0.2) is 11.6 Å². The van der Waals surface area contributed by atoms with Crippen LogP contribution in [-0.2, 0) is 6.42 Å². The molecule has 1 aliphatic rings. The van der Waals surface area contributed by atoms with Gasteiger partial charge in [-0.25, -0.2) is 0 Å². The second-order valence-electron chi connectivity index (χ2n) is 4.53. The summed E-state index contributed by atoms with van der Waals surface area (Å²) in [6, 6.07) is 9.04. The van der Waals surface area contributed by atoms with Crippen LogP contribution in [0.3, 0.4) is 0 Å². The van der Waals surface area contributed by atoms with E-state index in [2.05, 4.69) is 0 Å². The fourth-order valence-corrected chi connectivity index (χ4v) is 2.48. The van der Waals surface area contributed by atoms with Crippen LogP contribution < -0.4 is 0 Å². The van der Waals surface area contributed by atoms with Gasteiger partial charge in [0.2, 0.25) is 0 Å². The van der Waals surface area contributed by atoms with Gasteiger partial charge in [-0.2, -0.15) is 0 Å². The van der Waals surface area contributed by atoms with Gasteiger partial charge in [-0.1, -0.05) is 24.3 Å². The predicted octanol–water partition coefficient (Wildman–Crippen LogP) is 2.83. The molecule has 0 radical (unpaired) electrons. The number of ketones is 2. The quantitative estimate of drug-likeness (QED) is 0.599. The molecule has 3 rings (SSSR count). The van der Waals surface area contributed by atoms with E-state index in [1.807, 2.05) is 18.2 Å². The molecule has 0 amide bonds. The Balaban J connectivity index is 1.96. The zero-order chi connectivity index (χ0) is 12.7. The zero-order valence-corrected chi connectivity index (χ0v) is 9.97. The molecule has 1 aliphatic carbocycles. The Bertz CT molecular complexity index is 637. The van der Waals surface area contributed by atoms with Gasteiger partial charge in [-0.15, -0.1) is 0 Å². The SMILES string of the molecule is Cc1occc1C(=O)C1Cc2ccccc2C1=O. The van der Waals surface area contributed by atoms with E-state index >= 15 is 0 Å². The first-order valence-corrected chi connectivity index (χ1v) is 5.89. The summed E-state index contributed by atoms with van der Waals surface area (Å²) in [6.07, 6.45) is 1.98. The lowest BCUT2D eigenvalue weighted by Crippen LogP contribution is -2.21. The van der Waals surface area contributed by atoms with Crippen molar-refractivity contribution in [2.75, 3.05) is 0 Å². The first-order valence-electron chi connectivity index (χ1n) is 5.89. The standard InChI is InChI=1S/C15H12O3/c1-9-11(6-7-18-9)14(16)13-8-10-4-2-3-5-12(10)15(13)17/h2-7,13H,8H2,1H3. The molecule has 0 saturated carbocycles. The molecule has 1 atom stereocenters. The van der Waals surface area contributed by atoms with Gasteiger partial charge in [0.25, 0.3) is 0 Å². The Labute approximate surface area is 104 Å². The lowest BCUT2D eigenvalue weighted by molar-refractivity contribution is 0.0821. The molecule has 3 heteroatoms. The van der Waals surface area contributed by atoms with Gasteiger partial charge >= 0.3 is 0 Å². The fourth-order valence-electron chi connectivity index (χ4n) is 2.48. The van der Waals surface area contributed by atoms with E-state index in [1.54, 1.807) is 19.1 Å².